The lowest BCUT2D eigenvalue weighted by Gasteiger charge is -2.15. The highest BCUT2D eigenvalue weighted by Gasteiger charge is 2.28. The van der Waals surface area contributed by atoms with Crippen LogP contribution in [0.15, 0.2) is 66.7 Å². The van der Waals surface area contributed by atoms with Gasteiger partial charge in [-0.3, -0.25) is 4.98 Å². The van der Waals surface area contributed by atoms with E-state index in [4.69, 9.17) is 9.97 Å². The minimum Gasteiger partial charge on any atom is -0.355 e. The predicted molar refractivity (Wildman–Crippen MR) is 145 cm³/mol. The highest BCUT2D eigenvalue weighted by Crippen LogP contribution is 2.35. The quantitative estimate of drug-likeness (QED) is 0.276. The zero-order chi connectivity index (χ0) is 23.4. The molecule has 5 heterocycles. The third kappa shape index (κ3) is 3.80. The summed E-state index contributed by atoms with van der Waals surface area (Å²) in [6, 6.07) is 23.5. The van der Waals surface area contributed by atoms with Gasteiger partial charge in [0.05, 0.1) is 11.4 Å². The summed E-state index contributed by atoms with van der Waals surface area (Å²) in [5.74, 6) is 0. The van der Waals surface area contributed by atoms with Crippen molar-refractivity contribution in [2.75, 3.05) is 0 Å². The molecule has 3 aromatic heterocycles. The predicted octanol–water partition coefficient (Wildman–Crippen LogP) is 7.70. The van der Waals surface area contributed by atoms with Crippen molar-refractivity contribution in [3.05, 3.63) is 95.1 Å². The van der Waals surface area contributed by atoms with Crippen LogP contribution in [0.5, 0.6) is 0 Å². The van der Waals surface area contributed by atoms with Gasteiger partial charge in [-0.2, -0.15) is 0 Å². The van der Waals surface area contributed by atoms with Crippen molar-refractivity contribution in [2.24, 2.45) is 0 Å². The maximum absolute atomic E-state index is 5.02. The molecule has 34 heavy (non-hydrogen) atoms. The van der Waals surface area contributed by atoms with E-state index >= 15 is 0 Å². The molecule has 2 aliphatic heterocycles. The van der Waals surface area contributed by atoms with Crippen LogP contribution in [-0.4, -0.2) is 19.9 Å². The number of H-pyrrole nitrogens is 2. The summed E-state index contributed by atoms with van der Waals surface area (Å²) in [6.07, 6.45) is 3.01. The van der Waals surface area contributed by atoms with Crippen molar-refractivity contribution in [1.29, 1.82) is 0 Å². The number of nitrogens with one attached hydrogen (secondary N) is 2. The van der Waals surface area contributed by atoms with E-state index in [9.17, 15) is 0 Å². The molecule has 4 aromatic rings. The average molecular weight is 509 g/mol. The molecule has 0 saturated carbocycles. The molecule has 1 aromatic carbocycles. The SMILES string of the molecule is Cc1ccc(-c2c3nc(cc4ccc(cc5nc(cc6ccc2[nH]6)CC5(C)C)[nH]4)C(Br)=C3)cc1. The van der Waals surface area contributed by atoms with E-state index in [2.05, 4.69) is 119 Å². The average Bonchev–Trinajstić information content (AvgIpc) is 3.55. The minimum absolute atomic E-state index is 0.0197. The van der Waals surface area contributed by atoms with E-state index in [0.29, 0.717) is 0 Å². The smallest absolute Gasteiger partial charge is 0.0800 e. The number of benzene rings is 1. The molecular formula is C29H25BrN4. The molecule has 0 aliphatic carbocycles. The lowest BCUT2D eigenvalue weighted by molar-refractivity contribution is 0.543. The van der Waals surface area contributed by atoms with Gasteiger partial charge in [-0.15, -0.1) is 0 Å². The minimum atomic E-state index is -0.0197. The number of aromatic amines is 2. The summed E-state index contributed by atoms with van der Waals surface area (Å²) in [5, 5.41) is 0. The fraction of sp³-hybridized carbons (Fsp3) is 0.172. The van der Waals surface area contributed by atoms with Crippen LogP contribution in [0.1, 0.15) is 42.2 Å². The molecule has 0 radical (unpaired) electrons. The second kappa shape index (κ2) is 7.81. The van der Waals surface area contributed by atoms with Gasteiger partial charge in [-0.1, -0.05) is 43.7 Å². The first-order chi connectivity index (χ1) is 16.3. The van der Waals surface area contributed by atoms with E-state index in [0.717, 1.165) is 66.9 Å². The van der Waals surface area contributed by atoms with Crippen molar-refractivity contribution in [1.82, 2.24) is 19.9 Å². The Balaban J connectivity index is 1.72. The van der Waals surface area contributed by atoms with Crippen LogP contribution in [0.25, 0.3) is 43.8 Å². The number of aryl methyl sites for hydroxylation is 1. The van der Waals surface area contributed by atoms with Crippen LogP contribution in [-0.2, 0) is 11.8 Å². The topological polar surface area (TPSA) is 57.4 Å². The van der Waals surface area contributed by atoms with Crippen molar-refractivity contribution in [2.45, 2.75) is 32.6 Å². The van der Waals surface area contributed by atoms with E-state index in [-0.39, 0.29) is 5.41 Å². The molecule has 8 bridgehead atoms. The monoisotopic (exact) mass is 508 g/mol. The number of nitrogens with zero attached hydrogens (tertiary/aromatic N) is 2. The fourth-order valence-electron chi connectivity index (χ4n) is 4.71. The molecule has 0 saturated heterocycles. The molecule has 0 fully saturated rings. The third-order valence-corrected chi connectivity index (χ3v) is 7.18. The van der Waals surface area contributed by atoms with Gasteiger partial charge in [0.1, 0.15) is 0 Å². The normalized spacial score (nSPS) is 14.8. The lowest BCUT2D eigenvalue weighted by Crippen LogP contribution is -2.14. The fourth-order valence-corrected chi connectivity index (χ4v) is 5.13. The Hall–Kier alpha value is -3.44. The van der Waals surface area contributed by atoms with Gasteiger partial charge < -0.3 is 9.97 Å². The second-order valence-electron chi connectivity index (χ2n) is 9.79. The third-order valence-electron chi connectivity index (χ3n) is 6.54. The number of hydrogen-bond acceptors (Lipinski definition) is 2. The van der Waals surface area contributed by atoms with Crippen molar-refractivity contribution in [3.8, 4) is 11.1 Å². The molecule has 168 valence electrons. The molecule has 5 heteroatoms. The van der Waals surface area contributed by atoms with E-state index < -0.39 is 0 Å². The number of fused-ring (bicyclic) bond motifs is 8. The Bertz CT molecular complexity index is 1620. The standard InChI is InChI=1S/C29H25BrN4/c1-17-4-6-18(7-5-17)28-24-11-10-19(32-24)12-22-16-29(2,3)27(33-22)14-21-9-8-20(31-21)13-25-23(30)15-26(28)34-25/h4-15,31-32H,16H2,1-3H3. The van der Waals surface area contributed by atoms with Crippen molar-refractivity contribution >= 4 is 48.6 Å². The Morgan fingerprint density at radius 2 is 1.53 bits per heavy atom. The van der Waals surface area contributed by atoms with Gasteiger partial charge >= 0.3 is 0 Å². The Morgan fingerprint density at radius 1 is 0.824 bits per heavy atom. The highest BCUT2D eigenvalue weighted by atomic mass is 79.9. The summed E-state index contributed by atoms with van der Waals surface area (Å²) in [6.45, 7) is 6.61. The van der Waals surface area contributed by atoms with E-state index in [1.165, 1.54) is 5.56 Å². The van der Waals surface area contributed by atoms with Crippen LogP contribution in [0.3, 0.4) is 0 Å². The molecule has 4 nitrogen and oxygen atoms in total. The van der Waals surface area contributed by atoms with Gasteiger partial charge in [-0.05, 0) is 77.0 Å². The maximum Gasteiger partial charge on any atom is 0.0800 e. The summed E-state index contributed by atoms with van der Waals surface area (Å²) in [7, 11) is 0. The van der Waals surface area contributed by atoms with E-state index in [1.807, 2.05) is 0 Å². The summed E-state index contributed by atoms with van der Waals surface area (Å²) < 4.78 is 0.968. The van der Waals surface area contributed by atoms with Crippen LogP contribution < -0.4 is 0 Å². The summed E-state index contributed by atoms with van der Waals surface area (Å²) in [5.41, 5.74) is 11.6. The number of hydrogen-bond donors (Lipinski definition) is 2. The molecule has 6 rings (SSSR count). The zero-order valence-electron chi connectivity index (χ0n) is 19.4. The van der Waals surface area contributed by atoms with Crippen LogP contribution >= 0.6 is 15.9 Å². The first-order valence-electron chi connectivity index (χ1n) is 11.5. The number of rotatable bonds is 1. The number of halogens is 1. The maximum atomic E-state index is 5.02. The van der Waals surface area contributed by atoms with E-state index in [1.54, 1.807) is 0 Å². The largest absolute Gasteiger partial charge is 0.355 e. The summed E-state index contributed by atoms with van der Waals surface area (Å²) in [4.78, 5) is 17.1. The molecule has 0 atom stereocenters. The van der Waals surface area contributed by atoms with Gasteiger partial charge in [0.25, 0.3) is 0 Å². The second-order valence-corrected chi connectivity index (χ2v) is 10.6. The molecular weight excluding hydrogens is 484 g/mol. The first-order valence-corrected chi connectivity index (χ1v) is 12.3. The molecule has 0 spiro atoms. The van der Waals surface area contributed by atoms with Gasteiger partial charge in [0.15, 0.2) is 0 Å². The lowest BCUT2D eigenvalue weighted by atomic mass is 9.87. The van der Waals surface area contributed by atoms with Gasteiger partial charge in [0, 0.05) is 55.3 Å². The Morgan fingerprint density at radius 3 is 2.32 bits per heavy atom. The van der Waals surface area contributed by atoms with Gasteiger partial charge in [0.2, 0.25) is 0 Å². The van der Waals surface area contributed by atoms with Crippen molar-refractivity contribution < 1.29 is 0 Å². The first kappa shape index (κ1) is 21.1. The Labute approximate surface area is 207 Å². The highest BCUT2D eigenvalue weighted by molar-refractivity contribution is 9.15. The van der Waals surface area contributed by atoms with Crippen molar-refractivity contribution in [3.63, 3.8) is 0 Å². The van der Waals surface area contributed by atoms with Crippen LogP contribution in [0.4, 0.5) is 0 Å². The molecule has 0 unspecified atom stereocenters. The molecule has 2 N–H and O–H groups in total. The Kier molecular flexibility index (Phi) is 4.85. The molecule has 2 aliphatic rings. The van der Waals surface area contributed by atoms with Crippen LogP contribution in [0, 0.1) is 6.92 Å². The van der Waals surface area contributed by atoms with Crippen LogP contribution in [0.2, 0.25) is 0 Å². The number of aromatic nitrogens is 4. The summed E-state index contributed by atoms with van der Waals surface area (Å²) >= 11 is 3.74. The van der Waals surface area contributed by atoms with Gasteiger partial charge in [-0.25, -0.2) is 4.98 Å². The zero-order valence-corrected chi connectivity index (χ0v) is 21.0. The molecule has 0 amide bonds.